The fraction of sp³-hybridized carbons (Fsp3) is 0. The summed E-state index contributed by atoms with van der Waals surface area (Å²) < 4.78 is 4.78. The first-order valence-electron chi connectivity index (χ1n) is 17.5. The van der Waals surface area contributed by atoms with Crippen molar-refractivity contribution >= 4 is 65.4 Å². The number of nitrogens with zero attached hydrogens (tertiary/aromatic N) is 2. The number of hydrogen-bond acceptors (Lipinski definition) is 0. The first-order valence-corrected chi connectivity index (χ1v) is 17.5. The zero-order valence-corrected chi connectivity index (χ0v) is 27.7. The number of para-hydroxylation sites is 5. The molecular weight excluding hydrogens is 619 g/mol. The van der Waals surface area contributed by atoms with Crippen molar-refractivity contribution in [2.24, 2.45) is 0 Å². The van der Waals surface area contributed by atoms with E-state index in [2.05, 4.69) is 196 Å². The van der Waals surface area contributed by atoms with Crippen molar-refractivity contribution in [3.05, 3.63) is 182 Å². The molecule has 0 amide bonds. The Morgan fingerprint density at radius 3 is 1.43 bits per heavy atom. The maximum Gasteiger partial charge on any atom is 0.0544 e. The van der Waals surface area contributed by atoms with Crippen LogP contribution in [0.15, 0.2) is 182 Å². The normalized spacial score (nSPS) is 11.9. The Morgan fingerprint density at radius 2 is 0.784 bits per heavy atom. The van der Waals surface area contributed by atoms with E-state index in [-0.39, 0.29) is 0 Å². The first kappa shape index (κ1) is 28.0. The van der Waals surface area contributed by atoms with Crippen LogP contribution in [-0.4, -0.2) is 14.1 Å². The summed E-state index contributed by atoms with van der Waals surface area (Å²) in [7, 11) is 0. The fourth-order valence-corrected chi connectivity index (χ4v) is 8.35. The summed E-state index contributed by atoms with van der Waals surface area (Å²) in [6.45, 7) is 0. The Balaban J connectivity index is 1.14. The summed E-state index contributed by atoms with van der Waals surface area (Å²) in [5.41, 5.74) is 14.3. The average molecular weight is 650 g/mol. The van der Waals surface area contributed by atoms with Crippen LogP contribution in [0.5, 0.6) is 0 Å². The molecule has 0 aliphatic heterocycles. The average Bonchev–Trinajstić information content (AvgIpc) is 3.85. The molecule has 0 radical (unpaired) electrons. The summed E-state index contributed by atoms with van der Waals surface area (Å²) in [5, 5.41) is 7.50. The standard InChI is InChI=1S/C48H31N3/c1-3-12-34(13-4-1)50-44-21-10-8-17-38(44)40-28-31(22-25-45(40)50)32-23-26-46-41(29-32)42-30-33(24-27-47(42)51(46)35-14-5-2-6-15-35)36-18-11-19-39-37-16-7-9-20-43(37)49-48(36)39/h1-30,49H. The molecule has 1 N–H and O–H groups in total. The summed E-state index contributed by atoms with van der Waals surface area (Å²) in [6, 6.07) is 66.2. The van der Waals surface area contributed by atoms with E-state index < -0.39 is 0 Å². The highest BCUT2D eigenvalue weighted by Crippen LogP contribution is 2.40. The Morgan fingerprint density at radius 1 is 0.314 bits per heavy atom. The van der Waals surface area contributed by atoms with Gasteiger partial charge < -0.3 is 14.1 Å². The number of aromatic nitrogens is 3. The van der Waals surface area contributed by atoms with E-state index in [1.54, 1.807) is 0 Å². The van der Waals surface area contributed by atoms with Crippen LogP contribution in [0.1, 0.15) is 0 Å². The number of fused-ring (bicyclic) bond motifs is 9. The summed E-state index contributed by atoms with van der Waals surface area (Å²) in [6.07, 6.45) is 0. The lowest BCUT2D eigenvalue weighted by molar-refractivity contribution is 1.18. The topological polar surface area (TPSA) is 25.6 Å². The second-order valence-electron chi connectivity index (χ2n) is 13.5. The monoisotopic (exact) mass is 649 g/mol. The van der Waals surface area contributed by atoms with Gasteiger partial charge in [-0.2, -0.15) is 0 Å². The van der Waals surface area contributed by atoms with Crippen LogP contribution >= 0.6 is 0 Å². The number of rotatable bonds is 4. The van der Waals surface area contributed by atoms with Gasteiger partial charge in [0, 0.05) is 54.8 Å². The molecule has 0 saturated carbocycles. The van der Waals surface area contributed by atoms with E-state index in [4.69, 9.17) is 0 Å². The van der Waals surface area contributed by atoms with Crippen LogP contribution in [0, 0.1) is 0 Å². The molecule has 0 unspecified atom stereocenters. The Labute approximate surface area is 294 Å². The number of aromatic amines is 1. The summed E-state index contributed by atoms with van der Waals surface area (Å²) >= 11 is 0. The van der Waals surface area contributed by atoms with Crippen LogP contribution in [0.4, 0.5) is 0 Å². The van der Waals surface area contributed by atoms with Gasteiger partial charge in [0.15, 0.2) is 0 Å². The zero-order valence-electron chi connectivity index (χ0n) is 27.7. The van der Waals surface area contributed by atoms with Crippen LogP contribution in [-0.2, 0) is 0 Å². The SMILES string of the molecule is c1ccc(-n2c3ccccc3c3cc(-c4ccc5c(c4)c4cc(-c6cccc7c6[nH]c6ccccc67)ccc4n5-c4ccccc4)ccc32)cc1. The third kappa shape index (κ3) is 4.19. The Kier molecular flexibility index (Phi) is 5.96. The number of benzene rings is 8. The van der Waals surface area contributed by atoms with Crippen molar-refractivity contribution in [3.8, 4) is 33.6 Å². The van der Waals surface area contributed by atoms with E-state index in [0.717, 1.165) is 11.2 Å². The number of hydrogen-bond donors (Lipinski definition) is 1. The summed E-state index contributed by atoms with van der Waals surface area (Å²) in [4.78, 5) is 3.72. The van der Waals surface area contributed by atoms with E-state index >= 15 is 0 Å². The van der Waals surface area contributed by atoms with E-state index in [1.807, 2.05) is 0 Å². The zero-order chi connectivity index (χ0) is 33.5. The minimum atomic E-state index is 1.16. The minimum Gasteiger partial charge on any atom is -0.354 e. The molecule has 0 saturated heterocycles. The lowest BCUT2D eigenvalue weighted by atomic mass is 9.98. The predicted molar refractivity (Wildman–Crippen MR) is 215 cm³/mol. The van der Waals surface area contributed by atoms with Gasteiger partial charge in [-0.1, -0.05) is 109 Å². The predicted octanol–water partition coefficient (Wildman–Crippen LogP) is 12.8. The summed E-state index contributed by atoms with van der Waals surface area (Å²) in [5.74, 6) is 0. The van der Waals surface area contributed by atoms with Gasteiger partial charge in [0.1, 0.15) is 0 Å². The molecule has 0 bridgehead atoms. The maximum absolute atomic E-state index is 3.72. The van der Waals surface area contributed by atoms with Gasteiger partial charge in [-0.25, -0.2) is 0 Å². The molecule has 0 fully saturated rings. The molecule has 0 atom stereocenters. The van der Waals surface area contributed by atoms with Gasteiger partial charge >= 0.3 is 0 Å². The molecule has 8 aromatic carbocycles. The third-order valence-corrected chi connectivity index (χ3v) is 10.7. The van der Waals surface area contributed by atoms with E-state index in [0.29, 0.717) is 0 Å². The highest BCUT2D eigenvalue weighted by Gasteiger charge is 2.18. The van der Waals surface area contributed by atoms with Crippen molar-refractivity contribution in [1.29, 1.82) is 0 Å². The van der Waals surface area contributed by atoms with Crippen molar-refractivity contribution in [3.63, 3.8) is 0 Å². The van der Waals surface area contributed by atoms with Crippen LogP contribution in [0.2, 0.25) is 0 Å². The van der Waals surface area contributed by atoms with Gasteiger partial charge in [0.25, 0.3) is 0 Å². The van der Waals surface area contributed by atoms with Gasteiger partial charge in [-0.05, 0) is 89.5 Å². The quantitative estimate of drug-likeness (QED) is 0.196. The third-order valence-electron chi connectivity index (χ3n) is 10.7. The second kappa shape index (κ2) is 10.8. The molecular formula is C48H31N3. The molecule has 0 aliphatic carbocycles. The molecule has 51 heavy (non-hydrogen) atoms. The number of H-pyrrole nitrogens is 1. The Bertz CT molecular complexity index is 3120. The highest BCUT2D eigenvalue weighted by molar-refractivity contribution is 6.15. The van der Waals surface area contributed by atoms with Crippen molar-refractivity contribution < 1.29 is 0 Å². The maximum atomic E-state index is 3.72. The van der Waals surface area contributed by atoms with E-state index in [9.17, 15) is 0 Å². The minimum absolute atomic E-state index is 1.16. The second-order valence-corrected chi connectivity index (χ2v) is 13.5. The van der Waals surface area contributed by atoms with Gasteiger partial charge in [0.05, 0.1) is 27.6 Å². The lowest BCUT2D eigenvalue weighted by Gasteiger charge is -2.09. The lowest BCUT2D eigenvalue weighted by Crippen LogP contribution is -1.93. The van der Waals surface area contributed by atoms with Crippen molar-refractivity contribution in [2.75, 3.05) is 0 Å². The fourth-order valence-electron chi connectivity index (χ4n) is 8.35. The highest BCUT2D eigenvalue weighted by atomic mass is 15.0. The van der Waals surface area contributed by atoms with E-state index in [1.165, 1.54) is 87.8 Å². The molecule has 3 nitrogen and oxygen atoms in total. The molecule has 0 aliphatic rings. The van der Waals surface area contributed by atoms with Crippen molar-refractivity contribution in [1.82, 2.24) is 14.1 Å². The molecule has 238 valence electrons. The number of nitrogens with one attached hydrogen (secondary N) is 1. The van der Waals surface area contributed by atoms with Crippen LogP contribution in [0.3, 0.4) is 0 Å². The molecule has 3 aromatic heterocycles. The first-order chi connectivity index (χ1) is 25.3. The van der Waals surface area contributed by atoms with Gasteiger partial charge in [-0.3, -0.25) is 0 Å². The molecule has 3 heteroatoms. The van der Waals surface area contributed by atoms with Crippen LogP contribution < -0.4 is 0 Å². The molecule has 11 aromatic rings. The smallest absolute Gasteiger partial charge is 0.0544 e. The molecule has 11 rings (SSSR count). The van der Waals surface area contributed by atoms with Crippen molar-refractivity contribution in [2.45, 2.75) is 0 Å². The largest absolute Gasteiger partial charge is 0.354 e. The van der Waals surface area contributed by atoms with Gasteiger partial charge in [0.2, 0.25) is 0 Å². The Hall–Kier alpha value is -6.84. The molecule has 3 heterocycles. The van der Waals surface area contributed by atoms with Gasteiger partial charge in [-0.15, -0.1) is 0 Å². The van der Waals surface area contributed by atoms with Crippen LogP contribution in [0.25, 0.3) is 99.0 Å². The molecule has 0 spiro atoms.